The standard InChI is InChI=1S/C22H29N3O6/c1-15-5-6-17(31-15)22(27)25-9-7-24(8-10-25)14-21(26)23-13-16-11-19(29-3)20(30-4)12-18(16)28-2/h5-6,11-12H,7-10,13-14H2,1-4H3,(H,23,26). The Morgan fingerprint density at radius 1 is 0.968 bits per heavy atom. The first-order valence-electron chi connectivity index (χ1n) is 10.1. The van der Waals surface area contributed by atoms with Crippen LogP contribution in [0, 0.1) is 6.92 Å². The second-order valence-corrected chi connectivity index (χ2v) is 7.27. The SMILES string of the molecule is COc1cc(OC)c(OC)cc1CNC(=O)CN1CCN(C(=O)c2ccc(C)o2)CC1. The summed E-state index contributed by atoms with van der Waals surface area (Å²) in [5, 5.41) is 2.92. The van der Waals surface area contributed by atoms with Gasteiger partial charge in [-0.05, 0) is 25.1 Å². The highest BCUT2D eigenvalue weighted by Gasteiger charge is 2.25. The Hall–Kier alpha value is -3.20. The van der Waals surface area contributed by atoms with Crippen molar-refractivity contribution in [3.63, 3.8) is 0 Å². The van der Waals surface area contributed by atoms with Crippen LogP contribution in [0.15, 0.2) is 28.7 Å². The second-order valence-electron chi connectivity index (χ2n) is 7.27. The van der Waals surface area contributed by atoms with Crippen molar-refractivity contribution in [2.45, 2.75) is 13.5 Å². The fourth-order valence-electron chi connectivity index (χ4n) is 3.50. The van der Waals surface area contributed by atoms with Gasteiger partial charge in [0.05, 0.1) is 27.9 Å². The molecule has 0 bridgehead atoms. The first-order valence-corrected chi connectivity index (χ1v) is 10.1. The van der Waals surface area contributed by atoms with Gasteiger partial charge in [-0.25, -0.2) is 0 Å². The molecule has 1 aromatic heterocycles. The highest BCUT2D eigenvalue weighted by atomic mass is 16.5. The Labute approximate surface area is 181 Å². The number of furan rings is 1. The summed E-state index contributed by atoms with van der Waals surface area (Å²) >= 11 is 0. The molecule has 1 saturated heterocycles. The molecule has 1 aromatic carbocycles. The number of nitrogens with zero attached hydrogens (tertiary/aromatic N) is 2. The Morgan fingerprint density at radius 2 is 1.61 bits per heavy atom. The largest absolute Gasteiger partial charge is 0.496 e. The highest BCUT2D eigenvalue weighted by molar-refractivity contribution is 5.91. The lowest BCUT2D eigenvalue weighted by Gasteiger charge is -2.33. The van der Waals surface area contributed by atoms with Crippen molar-refractivity contribution < 1.29 is 28.2 Å². The Morgan fingerprint density at radius 3 is 2.19 bits per heavy atom. The van der Waals surface area contributed by atoms with Crippen LogP contribution in [0.25, 0.3) is 0 Å². The van der Waals surface area contributed by atoms with E-state index in [9.17, 15) is 9.59 Å². The molecule has 9 nitrogen and oxygen atoms in total. The van der Waals surface area contributed by atoms with Gasteiger partial charge in [-0.15, -0.1) is 0 Å². The number of ether oxygens (including phenoxy) is 3. The number of amides is 2. The molecule has 1 fully saturated rings. The minimum atomic E-state index is -0.113. The van der Waals surface area contributed by atoms with Crippen LogP contribution in [-0.4, -0.2) is 75.7 Å². The van der Waals surface area contributed by atoms with Crippen molar-refractivity contribution in [2.75, 3.05) is 54.1 Å². The zero-order chi connectivity index (χ0) is 22.4. The fourth-order valence-corrected chi connectivity index (χ4v) is 3.50. The van der Waals surface area contributed by atoms with Gasteiger partial charge in [0, 0.05) is 44.4 Å². The number of aryl methyl sites for hydroxylation is 1. The van der Waals surface area contributed by atoms with Gasteiger partial charge in [-0.2, -0.15) is 0 Å². The first-order chi connectivity index (χ1) is 14.9. The van der Waals surface area contributed by atoms with E-state index < -0.39 is 0 Å². The van der Waals surface area contributed by atoms with E-state index >= 15 is 0 Å². The van der Waals surface area contributed by atoms with Gasteiger partial charge in [-0.3, -0.25) is 14.5 Å². The molecule has 1 N–H and O–H groups in total. The lowest BCUT2D eigenvalue weighted by atomic mass is 10.1. The zero-order valence-corrected chi connectivity index (χ0v) is 18.4. The van der Waals surface area contributed by atoms with Gasteiger partial charge in [0.2, 0.25) is 5.91 Å². The van der Waals surface area contributed by atoms with Crippen LogP contribution in [0.1, 0.15) is 21.9 Å². The maximum absolute atomic E-state index is 12.5. The van der Waals surface area contributed by atoms with Crippen LogP contribution >= 0.6 is 0 Å². The molecule has 9 heteroatoms. The van der Waals surface area contributed by atoms with E-state index in [2.05, 4.69) is 5.32 Å². The smallest absolute Gasteiger partial charge is 0.289 e. The van der Waals surface area contributed by atoms with E-state index in [0.29, 0.717) is 61.5 Å². The van der Waals surface area contributed by atoms with Crippen molar-refractivity contribution in [3.05, 3.63) is 41.3 Å². The van der Waals surface area contributed by atoms with Crippen molar-refractivity contribution in [2.24, 2.45) is 0 Å². The van der Waals surface area contributed by atoms with Crippen LogP contribution in [0.3, 0.4) is 0 Å². The average Bonchev–Trinajstić information content (AvgIpc) is 3.23. The van der Waals surface area contributed by atoms with Crippen LogP contribution in [-0.2, 0) is 11.3 Å². The minimum absolute atomic E-state index is 0.0988. The summed E-state index contributed by atoms with van der Waals surface area (Å²) in [6.45, 7) is 4.73. The maximum atomic E-state index is 12.5. The summed E-state index contributed by atoms with van der Waals surface area (Å²) in [6.07, 6.45) is 0. The van der Waals surface area contributed by atoms with Crippen molar-refractivity contribution in [1.29, 1.82) is 0 Å². The molecule has 168 valence electrons. The normalized spacial score (nSPS) is 14.3. The average molecular weight is 431 g/mol. The summed E-state index contributed by atoms with van der Waals surface area (Å²) in [5.41, 5.74) is 0.789. The van der Waals surface area contributed by atoms with E-state index in [1.54, 1.807) is 50.5 Å². The number of rotatable bonds is 8. The minimum Gasteiger partial charge on any atom is -0.496 e. The molecule has 3 rings (SSSR count). The molecule has 0 unspecified atom stereocenters. The summed E-state index contributed by atoms with van der Waals surface area (Å²) in [5.74, 6) is 2.60. The van der Waals surface area contributed by atoms with Gasteiger partial charge in [-0.1, -0.05) is 0 Å². The summed E-state index contributed by atoms with van der Waals surface area (Å²) in [7, 11) is 4.68. The van der Waals surface area contributed by atoms with Crippen LogP contribution in [0.2, 0.25) is 0 Å². The molecule has 31 heavy (non-hydrogen) atoms. The fraction of sp³-hybridized carbons (Fsp3) is 0.455. The summed E-state index contributed by atoms with van der Waals surface area (Å²) in [6, 6.07) is 7.00. The van der Waals surface area contributed by atoms with E-state index in [1.165, 1.54) is 0 Å². The molecule has 2 aromatic rings. The van der Waals surface area contributed by atoms with E-state index in [1.807, 2.05) is 11.8 Å². The quantitative estimate of drug-likeness (QED) is 0.680. The predicted molar refractivity (Wildman–Crippen MR) is 114 cm³/mol. The first kappa shape index (κ1) is 22.5. The van der Waals surface area contributed by atoms with Crippen LogP contribution in [0.4, 0.5) is 0 Å². The van der Waals surface area contributed by atoms with Gasteiger partial charge in [0.1, 0.15) is 11.5 Å². The Bertz CT molecular complexity index is 918. The molecule has 0 saturated carbocycles. The van der Waals surface area contributed by atoms with Gasteiger partial charge < -0.3 is 28.8 Å². The zero-order valence-electron chi connectivity index (χ0n) is 18.4. The van der Waals surface area contributed by atoms with Crippen LogP contribution < -0.4 is 19.5 Å². The number of carbonyl (C=O) groups excluding carboxylic acids is 2. The summed E-state index contributed by atoms with van der Waals surface area (Å²) < 4.78 is 21.4. The number of benzene rings is 1. The number of piperazine rings is 1. The van der Waals surface area contributed by atoms with E-state index in [4.69, 9.17) is 18.6 Å². The predicted octanol–water partition coefficient (Wildman–Crippen LogP) is 1.69. The summed E-state index contributed by atoms with van der Waals surface area (Å²) in [4.78, 5) is 28.7. The monoisotopic (exact) mass is 431 g/mol. The van der Waals surface area contributed by atoms with Crippen molar-refractivity contribution >= 4 is 11.8 Å². The van der Waals surface area contributed by atoms with Gasteiger partial charge in [0.15, 0.2) is 17.3 Å². The third-order valence-corrected chi connectivity index (χ3v) is 5.24. The topological polar surface area (TPSA) is 93.5 Å². The lowest BCUT2D eigenvalue weighted by molar-refractivity contribution is -0.122. The van der Waals surface area contributed by atoms with E-state index in [0.717, 1.165) is 5.56 Å². The molecular formula is C22H29N3O6. The number of hydrogen-bond donors (Lipinski definition) is 1. The maximum Gasteiger partial charge on any atom is 0.289 e. The Kier molecular flexibility index (Phi) is 7.41. The van der Waals surface area contributed by atoms with Crippen LogP contribution in [0.5, 0.6) is 17.2 Å². The molecule has 0 aliphatic carbocycles. The number of hydrogen-bond acceptors (Lipinski definition) is 7. The van der Waals surface area contributed by atoms with Gasteiger partial charge >= 0.3 is 0 Å². The molecule has 0 spiro atoms. The van der Waals surface area contributed by atoms with Crippen molar-refractivity contribution in [3.8, 4) is 17.2 Å². The number of nitrogens with one attached hydrogen (secondary N) is 1. The molecular weight excluding hydrogens is 402 g/mol. The third kappa shape index (κ3) is 5.49. The lowest BCUT2D eigenvalue weighted by Crippen LogP contribution is -2.51. The van der Waals surface area contributed by atoms with E-state index in [-0.39, 0.29) is 18.4 Å². The number of carbonyl (C=O) groups is 2. The molecule has 0 atom stereocenters. The van der Waals surface area contributed by atoms with Gasteiger partial charge in [0.25, 0.3) is 5.91 Å². The van der Waals surface area contributed by atoms with Crippen molar-refractivity contribution in [1.82, 2.24) is 15.1 Å². The number of methoxy groups -OCH3 is 3. The highest BCUT2D eigenvalue weighted by Crippen LogP contribution is 2.34. The molecule has 0 radical (unpaired) electrons. The second kappa shape index (κ2) is 10.2. The molecule has 1 aliphatic rings. The molecule has 2 amide bonds. The third-order valence-electron chi connectivity index (χ3n) is 5.24. The Balaban J connectivity index is 1.49. The molecule has 1 aliphatic heterocycles. The molecule has 2 heterocycles.